The lowest BCUT2D eigenvalue weighted by molar-refractivity contribution is 0.242. The summed E-state index contributed by atoms with van der Waals surface area (Å²) in [6.07, 6.45) is 8.01. The molecule has 0 spiro atoms. The van der Waals surface area contributed by atoms with E-state index in [1.807, 2.05) is 0 Å². The van der Waals surface area contributed by atoms with E-state index in [4.69, 9.17) is 22.9 Å². The highest BCUT2D eigenvalue weighted by Crippen LogP contribution is 2.38. The molecule has 2 atom stereocenters. The van der Waals surface area contributed by atoms with Gasteiger partial charge in [-0.3, -0.25) is 0 Å². The van der Waals surface area contributed by atoms with Crippen LogP contribution in [0.3, 0.4) is 0 Å². The molecular weight excluding hydrogens is 278 g/mol. The molecule has 2 heterocycles. The fraction of sp³-hybridized carbons (Fsp3) is 0.647. The average molecular weight is 303 g/mol. The number of nitrogens with two attached hydrogens (primary N) is 1. The summed E-state index contributed by atoms with van der Waals surface area (Å²) in [5.41, 5.74) is 9.20. The van der Waals surface area contributed by atoms with Crippen molar-refractivity contribution in [3.8, 4) is 0 Å². The monoisotopic (exact) mass is 303 g/mol. The molecule has 0 aromatic carbocycles. The molecule has 2 N–H and O–H groups in total. The van der Waals surface area contributed by atoms with Crippen LogP contribution in [0.1, 0.15) is 55.3 Å². The van der Waals surface area contributed by atoms with E-state index in [0.29, 0.717) is 11.0 Å². The largest absolute Gasteiger partial charge is 0.389 e. The van der Waals surface area contributed by atoms with Gasteiger partial charge >= 0.3 is 0 Å². The maximum absolute atomic E-state index is 6.00. The van der Waals surface area contributed by atoms with Gasteiger partial charge in [-0.05, 0) is 57.1 Å². The van der Waals surface area contributed by atoms with Crippen molar-refractivity contribution in [2.24, 2.45) is 11.7 Å². The van der Waals surface area contributed by atoms with Crippen molar-refractivity contribution < 1.29 is 0 Å². The molecule has 2 fully saturated rings. The van der Waals surface area contributed by atoms with Gasteiger partial charge in [0.15, 0.2) is 0 Å². The van der Waals surface area contributed by atoms with Gasteiger partial charge in [-0.15, -0.1) is 0 Å². The third kappa shape index (κ3) is 2.78. The quantitative estimate of drug-likeness (QED) is 0.849. The molecule has 4 heteroatoms. The standard InChI is InChI=1S/C17H25N3S/c1-11-10-12(2)19-17(15(11)16(18)21)20-9-5-7-13-6-3-4-8-14(13)20/h10,13-14H,3-9H2,1-2H3,(H2,18,21)/t13-,14-/m1/s1. The Labute approximate surface area is 132 Å². The van der Waals surface area contributed by atoms with Crippen molar-refractivity contribution in [3.63, 3.8) is 0 Å². The van der Waals surface area contributed by atoms with Gasteiger partial charge in [0.25, 0.3) is 0 Å². The Balaban J connectivity index is 2.04. The smallest absolute Gasteiger partial charge is 0.139 e. The van der Waals surface area contributed by atoms with Crippen molar-refractivity contribution in [3.05, 3.63) is 22.9 Å². The van der Waals surface area contributed by atoms with E-state index < -0.39 is 0 Å². The first-order valence-electron chi connectivity index (χ1n) is 8.12. The number of aryl methyl sites for hydroxylation is 2. The molecule has 114 valence electrons. The molecule has 0 bridgehead atoms. The molecule has 0 unspecified atom stereocenters. The number of thiocarbonyl (C=S) groups is 1. The van der Waals surface area contributed by atoms with Crippen LogP contribution >= 0.6 is 12.2 Å². The fourth-order valence-electron chi connectivity index (χ4n) is 4.22. The SMILES string of the molecule is Cc1cc(C)c(C(N)=S)c(N2CCC[C@H]3CCCC[C@H]32)n1. The predicted octanol–water partition coefficient (Wildman–Crippen LogP) is 3.49. The van der Waals surface area contributed by atoms with E-state index in [1.54, 1.807) is 0 Å². The van der Waals surface area contributed by atoms with Gasteiger partial charge in [0, 0.05) is 18.3 Å². The summed E-state index contributed by atoms with van der Waals surface area (Å²) in [4.78, 5) is 7.82. The van der Waals surface area contributed by atoms with Crippen molar-refractivity contribution in [2.75, 3.05) is 11.4 Å². The second-order valence-electron chi connectivity index (χ2n) is 6.59. The van der Waals surface area contributed by atoms with Crippen molar-refractivity contribution >= 4 is 23.0 Å². The number of hydrogen-bond acceptors (Lipinski definition) is 3. The molecule has 1 aliphatic heterocycles. The number of rotatable bonds is 2. The Kier molecular flexibility index (Phi) is 4.16. The van der Waals surface area contributed by atoms with Crippen LogP contribution in [0.4, 0.5) is 5.82 Å². The molecule has 2 aliphatic rings. The van der Waals surface area contributed by atoms with E-state index >= 15 is 0 Å². The van der Waals surface area contributed by atoms with Crippen LogP contribution in [0.25, 0.3) is 0 Å². The van der Waals surface area contributed by atoms with E-state index in [1.165, 1.54) is 38.5 Å². The first kappa shape index (κ1) is 14.8. The number of hydrogen-bond donors (Lipinski definition) is 1. The van der Waals surface area contributed by atoms with Gasteiger partial charge in [0.2, 0.25) is 0 Å². The van der Waals surface area contributed by atoms with E-state index in [9.17, 15) is 0 Å². The number of piperidine rings is 1. The second-order valence-corrected chi connectivity index (χ2v) is 7.03. The normalized spacial score (nSPS) is 25.5. The third-order valence-corrected chi connectivity index (χ3v) is 5.29. The lowest BCUT2D eigenvalue weighted by Crippen LogP contribution is -2.48. The first-order chi connectivity index (χ1) is 10.1. The molecule has 1 saturated carbocycles. The Morgan fingerprint density at radius 2 is 1.95 bits per heavy atom. The Morgan fingerprint density at radius 1 is 1.24 bits per heavy atom. The van der Waals surface area contributed by atoms with Gasteiger partial charge in [-0.2, -0.15) is 0 Å². The van der Waals surface area contributed by atoms with Crippen molar-refractivity contribution in [2.45, 2.75) is 58.4 Å². The zero-order chi connectivity index (χ0) is 15.0. The van der Waals surface area contributed by atoms with E-state index in [0.717, 1.165) is 35.1 Å². The minimum Gasteiger partial charge on any atom is -0.389 e. The first-order valence-corrected chi connectivity index (χ1v) is 8.53. The average Bonchev–Trinajstić information content (AvgIpc) is 2.45. The summed E-state index contributed by atoms with van der Waals surface area (Å²) in [7, 11) is 0. The summed E-state index contributed by atoms with van der Waals surface area (Å²) in [6, 6.07) is 2.72. The highest BCUT2D eigenvalue weighted by atomic mass is 32.1. The van der Waals surface area contributed by atoms with E-state index in [2.05, 4.69) is 24.8 Å². The highest BCUT2D eigenvalue weighted by Gasteiger charge is 2.35. The molecule has 0 amide bonds. The Bertz CT molecular complexity index is 553. The minimum absolute atomic E-state index is 0.480. The summed E-state index contributed by atoms with van der Waals surface area (Å²) in [5, 5.41) is 0. The van der Waals surface area contributed by atoms with Gasteiger partial charge < -0.3 is 10.6 Å². The molecule has 1 aromatic rings. The van der Waals surface area contributed by atoms with Crippen LogP contribution in [0, 0.1) is 19.8 Å². The fourth-order valence-corrected chi connectivity index (χ4v) is 4.47. The second kappa shape index (κ2) is 5.91. The summed E-state index contributed by atoms with van der Waals surface area (Å²) < 4.78 is 0. The van der Waals surface area contributed by atoms with Crippen molar-refractivity contribution in [1.82, 2.24) is 4.98 Å². The molecule has 1 aliphatic carbocycles. The predicted molar refractivity (Wildman–Crippen MR) is 91.9 cm³/mol. The van der Waals surface area contributed by atoms with Gasteiger partial charge in [0.05, 0.1) is 5.56 Å². The van der Waals surface area contributed by atoms with E-state index in [-0.39, 0.29) is 0 Å². The summed E-state index contributed by atoms with van der Waals surface area (Å²) in [5.74, 6) is 1.87. The highest BCUT2D eigenvalue weighted by molar-refractivity contribution is 7.80. The maximum atomic E-state index is 6.00. The molecule has 21 heavy (non-hydrogen) atoms. The summed E-state index contributed by atoms with van der Waals surface area (Å²) >= 11 is 5.31. The topological polar surface area (TPSA) is 42.1 Å². The number of anilines is 1. The molecule has 1 aromatic heterocycles. The van der Waals surface area contributed by atoms with Gasteiger partial charge in [-0.25, -0.2) is 4.98 Å². The molecular formula is C17H25N3S. The number of aromatic nitrogens is 1. The molecule has 1 saturated heterocycles. The molecule has 0 radical (unpaired) electrons. The minimum atomic E-state index is 0.480. The maximum Gasteiger partial charge on any atom is 0.139 e. The number of fused-ring (bicyclic) bond motifs is 1. The van der Waals surface area contributed by atoms with Crippen LogP contribution in [0.15, 0.2) is 6.07 Å². The van der Waals surface area contributed by atoms with Gasteiger partial charge in [0.1, 0.15) is 10.8 Å². The molecule has 3 nitrogen and oxygen atoms in total. The zero-order valence-electron chi connectivity index (χ0n) is 13.1. The molecule has 3 rings (SSSR count). The van der Waals surface area contributed by atoms with Crippen LogP contribution < -0.4 is 10.6 Å². The Morgan fingerprint density at radius 3 is 2.71 bits per heavy atom. The lowest BCUT2D eigenvalue weighted by Gasteiger charge is -2.45. The van der Waals surface area contributed by atoms with Gasteiger partial charge in [-0.1, -0.05) is 25.1 Å². The number of pyridine rings is 1. The lowest BCUT2D eigenvalue weighted by atomic mass is 9.78. The van der Waals surface area contributed by atoms with Crippen LogP contribution in [-0.2, 0) is 0 Å². The number of nitrogens with zero attached hydrogens (tertiary/aromatic N) is 2. The van der Waals surface area contributed by atoms with Crippen LogP contribution in [0.2, 0.25) is 0 Å². The summed E-state index contributed by atoms with van der Waals surface area (Å²) in [6.45, 7) is 5.24. The zero-order valence-corrected chi connectivity index (χ0v) is 13.9. The van der Waals surface area contributed by atoms with Crippen molar-refractivity contribution in [1.29, 1.82) is 0 Å². The van der Waals surface area contributed by atoms with Crippen LogP contribution in [-0.4, -0.2) is 22.6 Å². The Hall–Kier alpha value is -1.16. The van der Waals surface area contributed by atoms with Crippen LogP contribution in [0.5, 0.6) is 0 Å². The third-order valence-electron chi connectivity index (χ3n) is 5.09.